The lowest BCUT2D eigenvalue weighted by molar-refractivity contribution is 0.834. The second kappa shape index (κ2) is 3.27. The number of hydrogen-bond acceptors (Lipinski definition) is 1. The summed E-state index contributed by atoms with van der Waals surface area (Å²) in [6, 6.07) is 3.85. The van der Waals surface area contributed by atoms with Crippen molar-refractivity contribution >= 4 is 15.9 Å². The van der Waals surface area contributed by atoms with E-state index < -0.39 is 0 Å². The molecule has 1 rings (SSSR count). The van der Waals surface area contributed by atoms with E-state index >= 15 is 0 Å². The fourth-order valence-corrected chi connectivity index (χ4v) is 1.23. The van der Waals surface area contributed by atoms with Crippen LogP contribution in [0.5, 0.6) is 0 Å². The Morgan fingerprint density at radius 1 is 1.73 bits per heavy atom. The van der Waals surface area contributed by atoms with Crippen LogP contribution in [0.1, 0.15) is 5.69 Å². The molecule has 0 bridgehead atoms. The summed E-state index contributed by atoms with van der Waals surface area (Å²) in [5.74, 6) is 2.46. The Hall–Kier alpha value is -1.19. The molecule has 0 saturated heterocycles. The third-order valence-corrected chi connectivity index (χ3v) is 1.92. The molecule has 0 aliphatic carbocycles. The number of halogens is 1. The lowest BCUT2D eigenvalue weighted by atomic mass is 10.4. The Bertz CT molecular complexity index is 338. The number of nitrogens with zero attached hydrogens (tertiary/aromatic N) is 2. The van der Waals surface area contributed by atoms with Gasteiger partial charge in [0.15, 0.2) is 0 Å². The molecule has 1 heterocycles. The summed E-state index contributed by atoms with van der Waals surface area (Å²) in [5, 5.41) is 8.65. The van der Waals surface area contributed by atoms with E-state index in [1.165, 1.54) is 0 Å². The van der Waals surface area contributed by atoms with Gasteiger partial charge < -0.3 is 4.57 Å². The average molecular weight is 209 g/mol. The topological polar surface area (TPSA) is 28.7 Å². The molecule has 3 heteroatoms. The summed E-state index contributed by atoms with van der Waals surface area (Å²) in [4.78, 5) is 0. The summed E-state index contributed by atoms with van der Waals surface area (Å²) in [5.41, 5.74) is 0.572. The molecular formula is C8H5BrN2. The van der Waals surface area contributed by atoms with Gasteiger partial charge in [-0.15, -0.1) is 6.42 Å². The Morgan fingerprint density at radius 3 is 3.00 bits per heavy atom. The summed E-state index contributed by atoms with van der Waals surface area (Å²) in [6.45, 7) is 0.439. The highest BCUT2D eigenvalue weighted by atomic mass is 79.9. The first-order chi connectivity index (χ1) is 5.29. The van der Waals surface area contributed by atoms with E-state index in [4.69, 9.17) is 11.7 Å². The lowest BCUT2D eigenvalue weighted by Gasteiger charge is -1.96. The minimum absolute atomic E-state index is 0.439. The van der Waals surface area contributed by atoms with Gasteiger partial charge in [-0.25, -0.2) is 0 Å². The third-order valence-electron chi connectivity index (χ3n) is 1.28. The van der Waals surface area contributed by atoms with Gasteiger partial charge in [0.2, 0.25) is 0 Å². The maximum Gasteiger partial charge on any atom is 0.135 e. The maximum atomic E-state index is 8.65. The van der Waals surface area contributed by atoms with Gasteiger partial charge in [0.25, 0.3) is 0 Å². The van der Waals surface area contributed by atoms with E-state index in [1.807, 2.05) is 6.07 Å². The van der Waals surface area contributed by atoms with Crippen molar-refractivity contribution in [2.75, 3.05) is 0 Å². The Morgan fingerprint density at radius 2 is 2.45 bits per heavy atom. The summed E-state index contributed by atoms with van der Waals surface area (Å²) in [6.07, 6.45) is 6.88. The summed E-state index contributed by atoms with van der Waals surface area (Å²) < 4.78 is 2.50. The van der Waals surface area contributed by atoms with Gasteiger partial charge in [-0.05, 0) is 22.0 Å². The molecule has 0 aliphatic heterocycles. The van der Waals surface area contributed by atoms with Crippen molar-refractivity contribution in [3.63, 3.8) is 0 Å². The standard InChI is InChI=1S/C8H5BrN2/c1-2-4-11-5-3-7(9)8(11)6-10/h1,3,5H,4H2. The number of terminal acetylenes is 1. The molecule has 0 spiro atoms. The number of hydrogen-bond donors (Lipinski definition) is 0. The Balaban J connectivity index is 3.10. The molecule has 0 radical (unpaired) electrons. The second-order valence-electron chi connectivity index (χ2n) is 1.96. The molecule has 0 amide bonds. The molecule has 0 aromatic carbocycles. The third kappa shape index (κ3) is 1.45. The van der Waals surface area contributed by atoms with Crippen molar-refractivity contribution in [1.29, 1.82) is 5.26 Å². The van der Waals surface area contributed by atoms with Gasteiger partial charge in [-0.2, -0.15) is 5.26 Å². The van der Waals surface area contributed by atoms with Crippen LogP contribution in [0.4, 0.5) is 0 Å². The van der Waals surface area contributed by atoms with E-state index in [0.717, 1.165) is 4.47 Å². The first-order valence-electron chi connectivity index (χ1n) is 2.97. The van der Waals surface area contributed by atoms with Crippen LogP contribution in [0.25, 0.3) is 0 Å². The molecule has 1 aromatic rings. The van der Waals surface area contributed by atoms with Crippen LogP contribution in [0, 0.1) is 23.7 Å². The lowest BCUT2D eigenvalue weighted by Crippen LogP contribution is -1.96. The number of rotatable bonds is 1. The highest BCUT2D eigenvalue weighted by Crippen LogP contribution is 2.16. The molecule has 0 aliphatic rings. The van der Waals surface area contributed by atoms with Gasteiger partial charge >= 0.3 is 0 Å². The van der Waals surface area contributed by atoms with Crippen LogP contribution < -0.4 is 0 Å². The van der Waals surface area contributed by atoms with Crippen molar-refractivity contribution in [2.24, 2.45) is 0 Å². The SMILES string of the molecule is C#CCn1ccc(Br)c1C#N. The highest BCUT2D eigenvalue weighted by molar-refractivity contribution is 9.10. The van der Waals surface area contributed by atoms with Crippen molar-refractivity contribution < 1.29 is 0 Å². The van der Waals surface area contributed by atoms with Crippen LogP contribution in [0.2, 0.25) is 0 Å². The zero-order valence-corrected chi connectivity index (χ0v) is 7.30. The fraction of sp³-hybridized carbons (Fsp3) is 0.125. The Kier molecular flexibility index (Phi) is 2.36. The predicted octanol–water partition coefficient (Wildman–Crippen LogP) is 1.76. The van der Waals surface area contributed by atoms with E-state index in [-0.39, 0.29) is 0 Å². The zero-order valence-electron chi connectivity index (χ0n) is 5.71. The predicted molar refractivity (Wildman–Crippen MR) is 45.7 cm³/mol. The molecule has 0 atom stereocenters. The molecule has 1 aromatic heterocycles. The van der Waals surface area contributed by atoms with Crippen molar-refractivity contribution in [3.05, 3.63) is 22.4 Å². The van der Waals surface area contributed by atoms with Crippen LogP contribution in [-0.2, 0) is 6.54 Å². The molecule has 54 valence electrons. The minimum Gasteiger partial charge on any atom is -0.327 e. The molecule has 0 N–H and O–H groups in total. The average Bonchev–Trinajstić information content (AvgIpc) is 2.33. The summed E-state index contributed by atoms with van der Waals surface area (Å²) >= 11 is 3.24. The van der Waals surface area contributed by atoms with Gasteiger partial charge in [0.1, 0.15) is 11.8 Å². The zero-order chi connectivity index (χ0) is 8.27. The smallest absolute Gasteiger partial charge is 0.135 e. The molecule has 11 heavy (non-hydrogen) atoms. The largest absolute Gasteiger partial charge is 0.327 e. The normalized spacial score (nSPS) is 8.64. The highest BCUT2D eigenvalue weighted by Gasteiger charge is 2.03. The molecule has 2 nitrogen and oxygen atoms in total. The van der Waals surface area contributed by atoms with Crippen LogP contribution in [0.3, 0.4) is 0 Å². The van der Waals surface area contributed by atoms with Crippen LogP contribution in [0.15, 0.2) is 16.7 Å². The van der Waals surface area contributed by atoms with E-state index in [9.17, 15) is 0 Å². The van der Waals surface area contributed by atoms with Crippen LogP contribution in [-0.4, -0.2) is 4.57 Å². The number of aromatic nitrogens is 1. The quantitative estimate of drug-likeness (QED) is 0.647. The van der Waals surface area contributed by atoms with Crippen molar-refractivity contribution in [1.82, 2.24) is 4.57 Å². The molecule has 0 unspecified atom stereocenters. The first kappa shape index (κ1) is 7.91. The first-order valence-corrected chi connectivity index (χ1v) is 3.77. The number of nitriles is 1. The molecule has 0 saturated carbocycles. The van der Waals surface area contributed by atoms with Crippen LogP contribution >= 0.6 is 15.9 Å². The maximum absolute atomic E-state index is 8.65. The molecular weight excluding hydrogens is 204 g/mol. The van der Waals surface area contributed by atoms with Gasteiger partial charge in [-0.3, -0.25) is 0 Å². The second-order valence-corrected chi connectivity index (χ2v) is 2.81. The van der Waals surface area contributed by atoms with E-state index in [2.05, 4.69) is 21.9 Å². The minimum atomic E-state index is 0.439. The van der Waals surface area contributed by atoms with Crippen molar-refractivity contribution in [3.8, 4) is 18.4 Å². The van der Waals surface area contributed by atoms with E-state index in [0.29, 0.717) is 12.2 Å². The molecule has 0 fully saturated rings. The van der Waals surface area contributed by atoms with Gasteiger partial charge in [0, 0.05) is 6.20 Å². The van der Waals surface area contributed by atoms with E-state index in [1.54, 1.807) is 16.8 Å². The summed E-state index contributed by atoms with van der Waals surface area (Å²) in [7, 11) is 0. The fourth-order valence-electron chi connectivity index (χ4n) is 0.794. The van der Waals surface area contributed by atoms with Gasteiger partial charge in [0.05, 0.1) is 11.0 Å². The van der Waals surface area contributed by atoms with Crippen molar-refractivity contribution in [2.45, 2.75) is 6.54 Å². The monoisotopic (exact) mass is 208 g/mol. The Labute approximate surface area is 73.6 Å². The van der Waals surface area contributed by atoms with Gasteiger partial charge in [-0.1, -0.05) is 5.92 Å².